The van der Waals surface area contributed by atoms with Gasteiger partial charge in [-0.1, -0.05) is 46.8 Å². The van der Waals surface area contributed by atoms with Crippen molar-refractivity contribution in [3.63, 3.8) is 0 Å². The highest BCUT2D eigenvalue weighted by Crippen LogP contribution is 2.52. The van der Waals surface area contributed by atoms with Gasteiger partial charge in [0.1, 0.15) is 17.9 Å². The molecule has 0 radical (unpaired) electrons. The fourth-order valence-electron chi connectivity index (χ4n) is 3.87. The van der Waals surface area contributed by atoms with Crippen molar-refractivity contribution in [2.75, 3.05) is 6.61 Å². The van der Waals surface area contributed by atoms with Gasteiger partial charge in [-0.15, -0.1) is 5.10 Å². The molecule has 3 heterocycles. The standard InChI is InChI=1S/C23H42N4O7SSi2/c1-15(28)16-12-25-26-27(16)20-19(33-37(10,11)22(5,6)7)23(17(24)14-35(29,30)34-23)18(32-20)13-31-36(8,9)21(2,3)4/h12,14,18-20H,13,24H2,1-11H3/t18?,19-,20+,23?/m0/s1. The average molecular weight is 575 g/mol. The second-order valence-corrected chi connectivity index (χ2v) is 23.9. The van der Waals surface area contributed by atoms with Crippen molar-refractivity contribution in [1.29, 1.82) is 0 Å². The minimum atomic E-state index is -4.13. The molecule has 0 aromatic carbocycles. The Hall–Kier alpha value is -1.43. The van der Waals surface area contributed by atoms with Crippen LogP contribution in [0.25, 0.3) is 0 Å². The molecule has 1 saturated heterocycles. The first-order valence-corrected chi connectivity index (χ1v) is 19.7. The number of rotatable bonds is 7. The third kappa shape index (κ3) is 5.38. The topological polar surface area (TPSA) is 145 Å². The summed E-state index contributed by atoms with van der Waals surface area (Å²) in [5.41, 5.74) is 4.90. The van der Waals surface area contributed by atoms with E-state index in [2.05, 4.69) is 64.9 Å². The number of nitrogens with two attached hydrogens (primary N) is 1. The largest absolute Gasteiger partial charge is 0.414 e. The lowest BCUT2D eigenvalue weighted by molar-refractivity contribution is -0.0601. The summed E-state index contributed by atoms with van der Waals surface area (Å²) in [4.78, 5) is 12.4. The molecule has 1 spiro atoms. The van der Waals surface area contributed by atoms with Gasteiger partial charge in [-0.2, -0.15) is 8.42 Å². The van der Waals surface area contributed by atoms with Crippen LogP contribution in [0.2, 0.25) is 36.3 Å². The Bertz CT molecular complexity index is 1180. The number of hydrogen-bond donors (Lipinski definition) is 1. The first-order chi connectivity index (χ1) is 16.6. The van der Waals surface area contributed by atoms with Crippen LogP contribution in [-0.2, 0) is 27.9 Å². The Morgan fingerprint density at radius 1 is 1.14 bits per heavy atom. The van der Waals surface area contributed by atoms with Crippen LogP contribution in [0.3, 0.4) is 0 Å². The minimum Gasteiger partial charge on any atom is -0.414 e. The van der Waals surface area contributed by atoms with E-state index < -0.39 is 50.8 Å². The van der Waals surface area contributed by atoms with E-state index in [1.807, 2.05) is 13.1 Å². The summed E-state index contributed by atoms with van der Waals surface area (Å²) in [6.07, 6.45) is -1.70. The molecule has 1 fully saturated rings. The third-order valence-corrected chi connectivity index (χ3v) is 18.3. The number of ketones is 1. The predicted molar refractivity (Wildman–Crippen MR) is 144 cm³/mol. The van der Waals surface area contributed by atoms with Crippen LogP contribution in [0.4, 0.5) is 0 Å². The van der Waals surface area contributed by atoms with Gasteiger partial charge in [0, 0.05) is 6.92 Å². The van der Waals surface area contributed by atoms with Crippen molar-refractivity contribution in [2.24, 2.45) is 5.73 Å². The molecule has 210 valence electrons. The van der Waals surface area contributed by atoms with E-state index in [-0.39, 0.29) is 33.9 Å². The summed E-state index contributed by atoms with van der Waals surface area (Å²) in [5.74, 6) is -0.279. The van der Waals surface area contributed by atoms with Gasteiger partial charge in [0.15, 0.2) is 34.2 Å². The maximum Gasteiger partial charge on any atom is 0.292 e. The zero-order valence-electron chi connectivity index (χ0n) is 23.8. The monoisotopic (exact) mass is 574 g/mol. The Kier molecular flexibility index (Phi) is 7.61. The van der Waals surface area contributed by atoms with Crippen LogP contribution in [0.15, 0.2) is 17.3 Å². The lowest BCUT2D eigenvalue weighted by Crippen LogP contribution is -2.59. The normalized spacial score (nSPS) is 28.6. The maximum atomic E-state index is 12.8. The lowest BCUT2D eigenvalue weighted by atomic mass is 9.89. The number of nitrogens with zero attached hydrogens (tertiary/aromatic N) is 3. The van der Waals surface area contributed by atoms with E-state index in [1.54, 1.807) is 0 Å². The number of aromatic nitrogens is 3. The van der Waals surface area contributed by atoms with E-state index >= 15 is 0 Å². The number of ether oxygens (including phenoxy) is 1. The molecule has 2 N–H and O–H groups in total. The van der Waals surface area contributed by atoms with Crippen LogP contribution in [0.5, 0.6) is 0 Å². The quantitative estimate of drug-likeness (QED) is 0.291. The fourth-order valence-corrected chi connectivity index (χ4v) is 7.38. The Morgan fingerprint density at radius 3 is 2.16 bits per heavy atom. The van der Waals surface area contributed by atoms with E-state index in [9.17, 15) is 13.2 Å². The zero-order valence-corrected chi connectivity index (χ0v) is 26.6. The Labute approximate surface area is 222 Å². The maximum absolute atomic E-state index is 12.8. The van der Waals surface area contributed by atoms with Crippen molar-refractivity contribution < 1.29 is 31.0 Å². The van der Waals surface area contributed by atoms with Crippen LogP contribution >= 0.6 is 0 Å². The summed E-state index contributed by atoms with van der Waals surface area (Å²) in [5, 5.41) is 8.60. The molecule has 3 rings (SSSR count). The van der Waals surface area contributed by atoms with Crippen LogP contribution < -0.4 is 5.73 Å². The first kappa shape index (κ1) is 30.1. The van der Waals surface area contributed by atoms with Crippen molar-refractivity contribution in [2.45, 2.75) is 109 Å². The van der Waals surface area contributed by atoms with Gasteiger partial charge in [0.25, 0.3) is 10.1 Å². The summed E-state index contributed by atoms with van der Waals surface area (Å²) in [7, 11) is -8.99. The van der Waals surface area contributed by atoms with E-state index in [1.165, 1.54) is 17.8 Å². The molecule has 4 atom stereocenters. The third-order valence-electron chi connectivity index (χ3n) is 8.25. The molecular formula is C23H42N4O7SSi2. The van der Waals surface area contributed by atoms with Crippen molar-refractivity contribution in [3.05, 3.63) is 23.0 Å². The molecule has 0 saturated carbocycles. The van der Waals surface area contributed by atoms with Gasteiger partial charge in [-0.25, -0.2) is 8.86 Å². The minimum absolute atomic E-state index is 0.0124. The molecule has 1 aromatic rings. The highest BCUT2D eigenvalue weighted by Gasteiger charge is 2.67. The smallest absolute Gasteiger partial charge is 0.292 e. The molecule has 11 nitrogen and oxygen atoms in total. The van der Waals surface area contributed by atoms with Crippen molar-refractivity contribution in [1.82, 2.24) is 15.0 Å². The number of carbonyl (C=O) groups is 1. The molecule has 1 aromatic heterocycles. The molecule has 0 amide bonds. The van der Waals surface area contributed by atoms with Crippen molar-refractivity contribution >= 4 is 32.5 Å². The molecule has 0 aliphatic carbocycles. The second-order valence-electron chi connectivity index (χ2n) is 12.9. The lowest BCUT2D eigenvalue weighted by Gasteiger charge is -2.43. The Balaban J connectivity index is 2.19. The van der Waals surface area contributed by atoms with Crippen LogP contribution in [-0.4, -0.2) is 70.2 Å². The van der Waals surface area contributed by atoms with Gasteiger partial charge in [-0.3, -0.25) is 4.79 Å². The van der Waals surface area contributed by atoms with E-state index in [0.717, 1.165) is 5.41 Å². The van der Waals surface area contributed by atoms with Gasteiger partial charge in [0.05, 0.1) is 23.9 Å². The zero-order chi connectivity index (χ0) is 28.4. The highest BCUT2D eigenvalue weighted by atomic mass is 32.2. The highest BCUT2D eigenvalue weighted by molar-refractivity contribution is 7.90. The van der Waals surface area contributed by atoms with Gasteiger partial charge in [-0.05, 0) is 36.3 Å². The predicted octanol–water partition coefficient (Wildman–Crippen LogP) is 3.69. The molecule has 2 aliphatic rings. The molecule has 0 bridgehead atoms. The second kappa shape index (κ2) is 9.35. The Morgan fingerprint density at radius 2 is 1.70 bits per heavy atom. The van der Waals surface area contributed by atoms with Crippen LogP contribution in [0, 0.1) is 0 Å². The van der Waals surface area contributed by atoms with Gasteiger partial charge >= 0.3 is 0 Å². The number of Topliss-reactive ketones (excluding diaryl/α,β-unsaturated/α-hetero) is 1. The molecule has 37 heavy (non-hydrogen) atoms. The summed E-state index contributed by atoms with van der Waals surface area (Å²) >= 11 is 0. The molecule has 2 unspecified atom stereocenters. The summed E-state index contributed by atoms with van der Waals surface area (Å²) in [6, 6.07) is 0. The average Bonchev–Trinajstić information content (AvgIpc) is 3.34. The van der Waals surface area contributed by atoms with Crippen LogP contribution in [0.1, 0.15) is 65.2 Å². The summed E-state index contributed by atoms with van der Waals surface area (Å²) < 4.78 is 52.5. The fraction of sp³-hybridized carbons (Fsp3) is 0.783. The molecule has 2 aliphatic heterocycles. The SMILES string of the molecule is CC(=O)c1cnnn1[C@@H]1OC(CO[Si](C)(C)C(C)(C)C)C2(OS(=O)(=O)C=C2N)[C@H]1O[Si](C)(C)C(C)(C)C. The molecular weight excluding hydrogens is 533 g/mol. The first-order valence-electron chi connectivity index (χ1n) is 12.4. The van der Waals surface area contributed by atoms with Crippen molar-refractivity contribution in [3.8, 4) is 0 Å². The van der Waals surface area contributed by atoms with Gasteiger partial charge in [0.2, 0.25) is 0 Å². The number of carbonyl (C=O) groups excluding carboxylic acids is 1. The van der Waals surface area contributed by atoms with E-state index in [4.69, 9.17) is 23.5 Å². The molecule has 14 heteroatoms. The summed E-state index contributed by atoms with van der Waals surface area (Å²) in [6.45, 7) is 22.2. The van der Waals surface area contributed by atoms with E-state index in [0.29, 0.717) is 0 Å². The number of hydrogen-bond acceptors (Lipinski definition) is 10. The van der Waals surface area contributed by atoms with Gasteiger partial charge < -0.3 is 19.3 Å².